The standard InChI is InChI=1S/C24H15N5O3S/c30-20(12-33-24-28-27-23-26-18-7-3-4-8-19(18)29(23)24)25-13-9-10-16-17(11-13)22(32)15-6-2-1-5-14(15)21(16)31/h1-11H,12H2,(H,25,30)(H,26,27). The van der Waals surface area contributed by atoms with Crippen LogP contribution in [0.1, 0.15) is 31.8 Å². The van der Waals surface area contributed by atoms with E-state index in [1.165, 1.54) is 11.8 Å². The van der Waals surface area contributed by atoms with Gasteiger partial charge in [-0.05, 0) is 30.3 Å². The monoisotopic (exact) mass is 453 g/mol. The second-order valence-corrected chi connectivity index (χ2v) is 8.51. The SMILES string of the molecule is O=C(CSc1n[nH]c2nc3ccccc3n12)Nc1ccc2c(c1)C(=O)c1ccccc1C2=O. The lowest BCUT2D eigenvalue weighted by Gasteiger charge is -2.18. The number of para-hydroxylation sites is 2. The van der Waals surface area contributed by atoms with Crippen molar-refractivity contribution < 1.29 is 14.4 Å². The van der Waals surface area contributed by atoms with Gasteiger partial charge >= 0.3 is 0 Å². The Kier molecular flexibility index (Phi) is 4.37. The quantitative estimate of drug-likeness (QED) is 0.394. The Morgan fingerprint density at radius 2 is 1.61 bits per heavy atom. The number of rotatable bonds is 4. The van der Waals surface area contributed by atoms with Gasteiger partial charge in [-0.15, -0.1) is 5.10 Å². The number of fused-ring (bicyclic) bond motifs is 5. The molecule has 1 aliphatic rings. The third-order valence-electron chi connectivity index (χ3n) is 5.54. The lowest BCUT2D eigenvalue weighted by atomic mass is 9.84. The average molecular weight is 453 g/mol. The van der Waals surface area contributed by atoms with Crippen molar-refractivity contribution in [2.75, 3.05) is 11.1 Å². The highest BCUT2D eigenvalue weighted by atomic mass is 32.2. The number of carbonyl (C=O) groups is 3. The van der Waals surface area contributed by atoms with E-state index < -0.39 is 0 Å². The third-order valence-corrected chi connectivity index (χ3v) is 6.48. The summed E-state index contributed by atoms with van der Waals surface area (Å²) in [5.41, 5.74) is 3.62. The molecule has 5 aromatic rings. The summed E-state index contributed by atoms with van der Waals surface area (Å²) in [6.07, 6.45) is 0. The smallest absolute Gasteiger partial charge is 0.234 e. The summed E-state index contributed by atoms with van der Waals surface area (Å²) >= 11 is 1.27. The first kappa shape index (κ1) is 19.4. The predicted molar refractivity (Wildman–Crippen MR) is 124 cm³/mol. The number of benzene rings is 3. The van der Waals surface area contributed by atoms with Crippen molar-refractivity contribution in [2.45, 2.75) is 5.16 Å². The maximum absolute atomic E-state index is 12.9. The second kappa shape index (κ2) is 7.42. The normalized spacial score (nSPS) is 12.7. The fourth-order valence-electron chi connectivity index (χ4n) is 4.04. The molecule has 2 N–H and O–H groups in total. The van der Waals surface area contributed by atoms with E-state index in [0.29, 0.717) is 38.9 Å². The molecule has 33 heavy (non-hydrogen) atoms. The lowest BCUT2D eigenvalue weighted by molar-refractivity contribution is -0.113. The number of aromatic amines is 1. The molecule has 0 bridgehead atoms. The number of aromatic nitrogens is 4. The highest BCUT2D eigenvalue weighted by molar-refractivity contribution is 7.99. The average Bonchev–Trinajstić information content (AvgIpc) is 3.40. The molecule has 0 spiro atoms. The zero-order valence-electron chi connectivity index (χ0n) is 17.0. The number of hydrogen-bond acceptors (Lipinski definition) is 6. The van der Waals surface area contributed by atoms with Gasteiger partial charge in [0.15, 0.2) is 16.7 Å². The van der Waals surface area contributed by atoms with Crippen LogP contribution in [-0.4, -0.2) is 42.8 Å². The molecular weight excluding hydrogens is 438 g/mol. The summed E-state index contributed by atoms with van der Waals surface area (Å²) in [5, 5.41) is 10.6. The van der Waals surface area contributed by atoms with Crippen LogP contribution in [0.25, 0.3) is 16.8 Å². The van der Waals surface area contributed by atoms with Gasteiger partial charge in [0.05, 0.1) is 16.8 Å². The number of nitrogens with zero attached hydrogens (tertiary/aromatic N) is 3. The van der Waals surface area contributed by atoms with Gasteiger partial charge < -0.3 is 5.32 Å². The van der Waals surface area contributed by atoms with E-state index in [0.717, 1.165) is 11.0 Å². The molecule has 2 heterocycles. The fraction of sp³-hybridized carbons (Fsp3) is 0.0417. The minimum Gasteiger partial charge on any atom is -0.325 e. The van der Waals surface area contributed by atoms with E-state index in [1.54, 1.807) is 42.5 Å². The van der Waals surface area contributed by atoms with E-state index >= 15 is 0 Å². The number of ketones is 2. The van der Waals surface area contributed by atoms with E-state index in [9.17, 15) is 14.4 Å². The highest BCUT2D eigenvalue weighted by Crippen LogP contribution is 2.29. The van der Waals surface area contributed by atoms with Gasteiger partial charge in [0.2, 0.25) is 11.7 Å². The molecule has 0 radical (unpaired) electrons. The van der Waals surface area contributed by atoms with Crippen LogP contribution in [0.15, 0.2) is 71.9 Å². The molecule has 1 aliphatic carbocycles. The first-order chi connectivity index (χ1) is 16.1. The zero-order chi connectivity index (χ0) is 22.5. The minimum absolute atomic E-state index is 0.110. The van der Waals surface area contributed by atoms with Crippen molar-refractivity contribution in [3.05, 3.63) is 89.0 Å². The van der Waals surface area contributed by atoms with Crippen LogP contribution in [0.5, 0.6) is 0 Å². The van der Waals surface area contributed by atoms with E-state index in [-0.39, 0.29) is 23.2 Å². The van der Waals surface area contributed by atoms with E-state index in [2.05, 4.69) is 20.5 Å². The first-order valence-electron chi connectivity index (χ1n) is 10.2. The number of H-pyrrole nitrogens is 1. The van der Waals surface area contributed by atoms with Gasteiger partial charge in [-0.2, -0.15) is 0 Å². The van der Waals surface area contributed by atoms with Crippen LogP contribution in [-0.2, 0) is 4.79 Å². The number of anilines is 1. The van der Waals surface area contributed by atoms with E-state index in [4.69, 9.17) is 0 Å². The fourth-order valence-corrected chi connectivity index (χ4v) is 4.80. The molecule has 160 valence electrons. The number of imidazole rings is 1. The number of thioether (sulfide) groups is 1. The summed E-state index contributed by atoms with van der Waals surface area (Å²) < 4.78 is 1.87. The topological polar surface area (TPSA) is 109 Å². The summed E-state index contributed by atoms with van der Waals surface area (Å²) in [5.74, 6) is 0.0484. The molecule has 9 heteroatoms. The minimum atomic E-state index is -0.254. The lowest BCUT2D eigenvalue weighted by Crippen LogP contribution is -2.21. The van der Waals surface area contributed by atoms with Crippen LogP contribution >= 0.6 is 11.8 Å². The molecule has 0 saturated heterocycles. The van der Waals surface area contributed by atoms with Crippen molar-refractivity contribution in [1.29, 1.82) is 0 Å². The van der Waals surface area contributed by atoms with Crippen molar-refractivity contribution in [1.82, 2.24) is 19.6 Å². The Balaban J connectivity index is 1.21. The Morgan fingerprint density at radius 1 is 0.909 bits per heavy atom. The first-order valence-corrected chi connectivity index (χ1v) is 11.2. The molecule has 2 aromatic heterocycles. The van der Waals surface area contributed by atoms with Gasteiger partial charge in [0.1, 0.15) is 0 Å². The van der Waals surface area contributed by atoms with Crippen molar-refractivity contribution in [3.8, 4) is 0 Å². The van der Waals surface area contributed by atoms with Gasteiger partial charge in [-0.1, -0.05) is 48.2 Å². The summed E-state index contributed by atoms with van der Waals surface area (Å²) in [6, 6.07) is 19.2. The summed E-state index contributed by atoms with van der Waals surface area (Å²) in [6.45, 7) is 0. The largest absolute Gasteiger partial charge is 0.325 e. The van der Waals surface area contributed by atoms with Crippen LogP contribution in [0.4, 0.5) is 5.69 Å². The van der Waals surface area contributed by atoms with Crippen LogP contribution in [0.3, 0.4) is 0 Å². The zero-order valence-corrected chi connectivity index (χ0v) is 17.8. The molecule has 6 rings (SSSR count). The van der Waals surface area contributed by atoms with Gasteiger partial charge in [0.25, 0.3) is 0 Å². The Bertz CT molecular complexity index is 1620. The number of carbonyl (C=O) groups excluding carboxylic acids is 3. The Morgan fingerprint density at radius 3 is 2.42 bits per heavy atom. The maximum Gasteiger partial charge on any atom is 0.234 e. The summed E-state index contributed by atoms with van der Waals surface area (Å²) in [4.78, 5) is 42.7. The molecule has 0 atom stereocenters. The number of amides is 1. The van der Waals surface area contributed by atoms with Gasteiger partial charge in [-0.3, -0.25) is 18.8 Å². The van der Waals surface area contributed by atoms with Gasteiger partial charge in [0, 0.05) is 27.9 Å². The molecule has 8 nitrogen and oxygen atoms in total. The number of nitrogens with one attached hydrogen (secondary N) is 2. The third kappa shape index (κ3) is 3.13. The molecule has 1 amide bonds. The Hall–Kier alpha value is -4.24. The molecule has 0 aliphatic heterocycles. The van der Waals surface area contributed by atoms with Crippen LogP contribution < -0.4 is 5.32 Å². The number of hydrogen-bond donors (Lipinski definition) is 2. The van der Waals surface area contributed by atoms with E-state index in [1.807, 2.05) is 28.7 Å². The summed E-state index contributed by atoms with van der Waals surface area (Å²) in [7, 11) is 0. The van der Waals surface area contributed by atoms with Crippen LogP contribution in [0, 0.1) is 0 Å². The second-order valence-electron chi connectivity index (χ2n) is 7.57. The molecule has 0 saturated carbocycles. The van der Waals surface area contributed by atoms with Crippen LogP contribution in [0.2, 0.25) is 0 Å². The molecular formula is C24H15N5O3S. The molecule has 0 unspecified atom stereocenters. The van der Waals surface area contributed by atoms with Crippen molar-refractivity contribution in [3.63, 3.8) is 0 Å². The highest BCUT2D eigenvalue weighted by Gasteiger charge is 2.29. The van der Waals surface area contributed by atoms with Crippen molar-refractivity contribution in [2.24, 2.45) is 0 Å². The van der Waals surface area contributed by atoms with Gasteiger partial charge in [-0.25, -0.2) is 10.1 Å². The Labute approximate surface area is 191 Å². The maximum atomic E-state index is 12.9. The van der Waals surface area contributed by atoms with Crippen molar-refractivity contribution >= 4 is 51.7 Å². The molecule has 3 aromatic carbocycles. The molecule has 0 fully saturated rings. The predicted octanol–water partition coefficient (Wildman–Crippen LogP) is 3.72.